The molecule has 1 fully saturated rings. The van der Waals surface area contributed by atoms with Gasteiger partial charge in [0.1, 0.15) is 0 Å². The van der Waals surface area contributed by atoms with Gasteiger partial charge in [-0.3, -0.25) is 4.79 Å². The number of nitrogens with one attached hydrogen (secondary N) is 1. The molecule has 1 N–H and O–H groups in total. The average molecular weight is 405 g/mol. The molecule has 1 aliphatic heterocycles. The first-order valence-corrected chi connectivity index (χ1v) is 10.5. The molecular weight excluding hydrogens is 378 g/mol. The molecule has 30 heavy (non-hydrogen) atoms. The molecule has 2 aliphatic rings. The molecule has 1 saturated heterocycles. The molecule has 0 radical (unpaired) electrons. The molecule has 6 nitrogen and oxygen atoms in total. The quantitative estimate of drug-likeness (QED) is 0.818. The number of allylic oxidation sites excluding steroid dienone is 1. The van der Waals surface area contributed by atoms with Crippen molar-refractivity contribution >= 4 is 23.3 Å². The first kappa shape index (κ1) is 20.2. The van der Waals surface area contributed by atoms with Gasteiger partial charge in [0.15, 0.2) is 0 Å². The van der Waals surface area contributed by atoms with Crippen LogP contribution in [0.4, 0.5) is 16.2 Å². The minimum Gasteiger partial charge on any atom is -0.378 e. The van der Waals surface area contributed by atoms with E-state index < -0.39 is 6.03 Å². The molecule has 6 heteroatoms. The topological polar surface area (TPSA) is 61.9 Å². The van der Waals surface area contributed by atoms with Crippen molar-refractivity contribution in [1.29, 1.82) is 0 Å². The third kappa shape index (κ3) is 4.54. The number of urea groups is 1. The van der Waals surface area contributed by atoms with Crippen LogP contribution in [0, 0.1) is 0 Å². The van der Waals surface area contributed by atoms with Crippen molar-refractivity contribution in [3.63, 3.8) is 0 Å². The van der Waals surface area contributed by atoms with Gasteiger partial charge in [0.25, 0.3) is 5.91 Å². The third-order valence-electron chi connectivity index (χ3n) is 5.54. The van der Waals surface area contributed by atoms with Crippen molar-refractivity contribution in [2.75, 3.05) is 36.5 Å². The van der Waals surface area contributed by atoms with Gasteiger partial charge in [0.05, 0.1) is 18.9 Å². The number of carbonyl (C=O) groups excluding carboxylic acids is 2. The normalized spacial score (nSPS) is 16.9. The van der Waals surface area contributed by atoms with Crippen LogP contribution in [0.15, 0.2) is 71.9 Å². The number of imide groups is 1. The minimum atomic E-state index is -0.447. The Morgan fingerprint density at radius 3 is 2.20 bits per heavy atom. The number of ether oxygens (including phenoxy) is 1. The lowest BCUT2D eigenvalue weighted by atomic mass is 9.94. The molecule has 0 aromatic heterocycles. The smallest absolute Gasteiger partial charge is 0.333 e. The summed E-state index contributed by atoms with van der Waals surface area (Å²) in [5.41, 5.74) is 3.04. The minimum absolute atomic E-state index is 0.240. The van der Waals surface area contributed by atoms with Crippen LogP contribution in [-0.2, 0) is 9.53 Å². The van der Waals surface area contributed by atoms with Crippen LogP contribution in [-0.4, -0.2) is 43.1 Å². The number of hydrogen-bond acceptors (Lipinski definition) is 4. The van der Waals surface area contributed by atoms with Crippen LogP contribution in [0.5, 0.6) is 0 Å². The van der Waals surface area contributed by atoms with E-state index in [1.54, 1.807) is 12.1 Å². The van der Waals surface area contributed by atoms with Crippen LogP contribution < -0.4 is 10.2 Å². The van der Waals surface area contributed by atoms with E-state index in [9.17, 15) is 9.59 Å². The van der Waals surface area contributed by atoms with Crippen molar-refractivity contribution in [1.82, 2.24) is 4.90 Å². The number of morpholine rings is 1. The zero-order valence-corrected chi connectivity index (χ0v) is 17.0. The summed E-state index contributed by atoms with van der Waals surface area (Å²) < 4.78 is 5.48. The van der Waals surface area contributed by atoms with Crippen molar-refractivity contribution < 1.29 is 14.3 Å². The Bertz CT molecular complexity index is 906. The number of benzene rings is 2. The predicted molar refractivity (Wildman–Crippen MR) is 117 cm³/mol. The van der Waals surface area contributed by atoms with Gasteiger partial charge in [-0.25, -0.2) is 9.69 Å². The number of anilines is 2. The number of amides is 3. The predicted octanol–water partition coefficient (Wildman–Crippen LogP) is 4.41. The Hall–Kier alpha value is -3.12. The van der Waals surface area contributed by atoms with E-state index in [1.165, 1.54) is 4.90 Å². The number of hydrogen-bond donors (Lipinski definition) is 1. The SMILES string of the molecule is O=C(Nc1ccccc1)N(C(=O)C1=C(N2CCOCC2)CCCC1)c1ccccc1. The maximum atomic E-state index is 13.7. The lowest BCUT2D eigenvalue weighted by Gasteiger charge is -2.35. The summed E-state index contributed by atoms with van der Waals surface area (Å²) in [7, 11) is 0. The standard InChI is InChI=1S/C24H27N3O3/c28-23(21-13-7-8-14-22(21)26-15-17-30-18-16-26)27(20-11-5-2-6-12-20)24(29)25-19-9-3-1-4-10-19/h1-6,9-12H,7-8,13-18H2,(H,25,29). The number of para-hydroxylation sites is 2. The molecule has 2 aromatic rings. The van der Waals surface area contributed by atoms with E-state index in [4.69, 9.17) is 4.74 Å². The van der Waals surface area contributed by atoms with Gasteiger partial charge in [-0.1, -0.05) is 36.4 Å². The van der Waals surface area contributed by atoms with Gasteiger partial charge < -0.3 is 15.0 Å². The van der Waals surface area contributed by atoms with Gasteiger partial charge in [0, 0.05) is 30.0 Å². The lowest BCUT2D eigenvalue weighted by Crippen LogP contribution is -2.43. The van der Waals surface area contributed by atoms with Crippen LogP contribution in [0.2, 0.25) is 0 Å². The maximum absolute atomic E-state index is 13.7. The number of nitrogens with zero attached hydrogens (tertiary/aromatic N) is 2. The molecule has 3 amide bonds. The fourth-order valence-electron chi connectivity index (χ4n) is 4.04. The van der Waals surface area contributed by atoms with Gasteiger partial charge >= 0.3 is 6.03 Å². The van der Waals surface area contributed by atoms with Crippen molar-refractivity contribution in [2.45, 2.75) is 25.7 Å². The highest BCUT2D eigenvalue weighted by molar-refractivity contribution is 6.23. The molecular formula is C24H27N3O3. The summed E-state index contributed by atoms with van der Waals surface area (Å²) in [5.74, 6) is -0.240. The Morgan fingerprint density at radius 1 is 0.867 bits per heavy atom. The van der Waals surface area contributed by atoms with Gasteiger partial charge in [0.2, 0.25) is 0 Å². The second kappa shape index (κ2) is 9.59. The van der Waals surface area contributed by atoms with Gasteiger partial charge in [-0.2, -0.15) is 0 Å². The molecule has 0 saturated carbocycles. The molecule has 2 aromatic carbocycles. The van der Waals surface area contributed by atoms with Crippen molar-refractivity contribution in [3.8, 4) is 0 Å². The summed E-state index contributed by atoms with van der Waals surface area (Å²) in [6.07, 6.45) is 3.57. The molecule has 156 valence electrons. The average Bonchev–Trinajstić information content (AvgIpc) is 2.81. The van der Waals surface area contributed by atoms with Crippen molar-refractivity contribution in [2.24, 2.45) is 0 Å². The summed E-state index contributed by atoms with van der Waals surface area (Å²) in [5, 5.41) is 2.86. The zero-order chi connectivity index (χ0) is 20.8. The largest absolute Gasteiger partial charge is 0.378 e. The highest BCUT2D eigenvalue weighted by Gasteiger charge is 2.31. The van der Waals surface area contributed by atoms with E-state index in [-0.39, 0.29) is 5.91 Å². The van der Waals surface area contributed by atoms with Crippen LogP contribution in [0.1, 0.15) is 25.7 Å². The second-order valence-corrected chi connectivity index (χ2v) is 7.50. The summed E-state index contributed by atoms with van der Waals surface area (Å²) in [6, 6.07) is 17.9. The van der Waals surface area contributed by atoms with Gasteiger partial charge in [-0.15, -0.1) is 0 Å². The molecule has 1 aliphatic carbocycles. The highest BCUT2D eigenvalue weighted by Crippen LogP contribution is 2.31. The number of carbonyl (C=O) groups is 2. The Morgan fingerprint density at radius 2 is 1.50 bits per heavy atom. The summed E-state index contributed by atoms with van der Waals surface area (Å²) in [4.78, 5) is 30.5. The summed E-state index contributed by atoms with van der Waals surface area (Å²) in [6.45, 7) is 2.91. The molecule has 0 bridgehead atoms. The number of rotatable bonds is 4. The molecule has 0 spiro atoms. The highest BCUT2D eigenvalue weighted by atomic mass is 16.5. The molecule has 4 rings (SSSR count). The van der Waals surface area contributed by atoms with E-state index >= 15 is 0 Å². The fraction of sp³-hybridized carbons (Fsp3) is 0.333. The van der Waals surface area contributed by atoms with E-state index in [2.05, 4.69) is 10.2 Å². The monoisotopic (exact) mass is 405 g/mol. The lowest BCUT2D eigenvalue weighted by molar-refractivity contribution is -0.114. The Balaban J connectivity index is 1.67. The zero-order valence-electron chi connectivity index (χ0n) is 17.0. The Kier molecular flexibility index (Phi) is 6.44. The Labute approximate surface area is 177 Å². The van der Waals surface area contributed by atoms with Gasteiger partial charge in [-0.05, 0) is 49.9 Å². The van der Waals surface area contributed by atoms with Crippen LogP contribution in [0.3, 0.4) is 0 Å². The first-order chi connectivity index (χ1) is 14.7. The van der Waals surface area contributed by atoms with Crippen molar-refractivity contribution in [3.05, 3.63) is 71.9 Å². The van der Waals surface area contributed by atoms with Crippen LogP contribution >= 0.6 is 0 Å². The first-order valence-electron chi connectivity index (χ1n) is 10.5. The maximum Gasteiger partial charge on any atom is 0.333 e. The molecule has 1 heterocycles. The molecule has 0 atom stereocenters. The third-order valence-corrected chi connectivity index (χ3v) is 5.54. The van der Waals surface area contributed by atoms with E-state index in [0.717, 1.165) is 43.6 Å². The van der Waals surface area contributed by atoms with E-state index in [1.807, 2.05) is 48.5 Å². The summed E-state index contributed by atoms with van der Waals surface area (Å²) >= 11 is 0. The van der Waals surface area contributed by atoms with Crippen LogP contribution in [0.25, 0.3) is 0 Å². The van der Waals surface area contributed by atoms with E-state index in [0.29, 0.717) is 31.0 Å². The fourth-order valence-corrected chi connectivity index (χ4v) is 4.04. The molecule has 0 unspecified atom stereocenters. The second-order valence-electron chi connectivity index (χ2n) is 7.50.